The summed E-state index contributed by atoms with van der Waals surface area (Å²) in [6, 6.07) is 18.0. The first-order valence-corrected chi connectivity index (χ1v) is 10.4. The first kappa shape index (κ1) is 25.1. The zero-order chi connectivity index (χ0) is 25.2. The van der Waals surface area contributed by atoms with Gasteiger partial charge in [0.25, 0.3) is 11.8 Å². The van der Waals surface area contributed by atoms with Gasteiger partial charge in [0, 0.05) is 11.9 Å². The average molecular weight is 477 g/mol. The zero-order valence-electron chi connectivity index (χ0n) is 19.0. The SMILES string of the molecule is COC(=O)c1cc(NC(=O)c2ccccn2)ccc1C(C(=O)NOCc1ccccc1)C(=O)OC. The maximum absolute atomic E-state index is 12.9. The third kappa shape index (κ3) is 6.49. The molecule has 2 aromatic carbocycles. The second-order valence-electron chi connectivity index (χ2n) is 7.16. The Hall–Kier alpha value is -4.57. The van der Waals surface area contributed by atoms with Crippen molar-refractivity contribution in [1.82, 2.24) is 10.5 Å². The fraction of sp³-hybridized carbons (Fsp3) is 0.160. The van der Waals surface area contributed by atoms with Gasteiger partial charge in [0.15, 0.2) is 5.92 Å². The van der Waals surface area contributed by atoms with E-state index < -0.39 is 29.7 Å². The van der Waals surface area contributed by atoms with Crippen LogP contribution < -0.4 is 10.8 Å². The molecule has 0 bridgehead atoms. The van der Waals surface area contributed by atoms with E-state index in [1.54, 1.807) is 24.3 Å². The van der Waals surface area contributed by atoms with Crippen molar-refractivity contribution in [2.24, 2.45) is 0 Å². The van der Waals surface area contributed by atoms with Crippen molar-refractivity contribution < 1.29 is 33.5 Å². The predicted molar refractivity (Wildman–Crippen MR) is 124 cm³/mol. The molecule has 180 valence electrons. The highest BCUT2D eigenvalue weighted by molar-refractivity contribution is 6.07. The van der Waals surface area contributed by atoms with E-state index in [0.717, 1.165) is 19.8 Å². The van der Waals surface area contributed by atoms with Crippen LogP contribution in [0.15, 0.2) is 72.9 Å². The highest BCUT2D eigenvalue weighted by Gasteiger charge is 2.34. The summed E-state index contributed by atoms with van der Waals surface area (Å²) in [6.07, 6.45) is 1.47. The van der Waals surface area contributed by atoms with Crippen molar-refractivity contribution in [3.8, 4) is 0 Å². The Morgan fingerprint density at radius 2 is 1.66 bits per heavy atom. The molecule has 35 heavy (non-hydrogen) atoms. The number of rotatable bonds is 9. The second-order valence-corrected chi connectivity index (χ2v) is 7.16. The lowest BCUT2D eigenvalue weighted by Crippen LogP contribution is -2.35. The van der Waals surface area contributed by atoms with Gasteiger partial charge >= 0.3 is 11.9 Å². The molecule has 0 aliphatic heterocycles. The summed E-state index contributed by atoms with van der Waals surface area (Å²) >= 11 is 0. The van der Waals surface area contributed by atoms with Crippen molar-refractivity contribution in [2.75, 3.05) is 19.5 Å². The van der Waals surface area contributed by atoms with Gasteiger partial charge in [0.1, 0.15) is 5.69 Å². The summed E-state index contributed by atoms with van der Waals surface area (Å²) in [7, 11) is 2.27. The summed E-state index contributed by atoms with van der Waals surface area (Å²) < 4.78 is 9.61. The van der Waals surface area contributed by atoms with E-state index >= 15 is 0 Å². The molecule has 0 aliphatic carbocycles. The molecule has 0 saturated carbocycles. The molecule has 1 heterocycles. The van der Waals surface area contributed by atoms with E-state index in [9.17, 15) is 19.2 Å². The number of ether oxygens (including phenoxy) is 2. The zero-order valence-corrected chi connectivity index (χ0v) is 19.0. The number of nitrogens with one attached hydrogen (secondary N) is 2. The lowest BCUT2D eigenvalue weighted by atomic mass is 9.93. The van der Waals surface area contributed by atoms with Crippen LogP contribution in [0.25, 0.3) is 0 Å². The lowest BCUT2D eigenvalue weighted by Gasteiger charge is -2.18. The summed E-state index contributed by atoms with van der Waals surface area (Å²) in [4.78, 5) is 59.6. The number of hydrogen-bond acceptors (Lipinski definition) is 8. The minimum absolute atomic E-state index is 0.0142. The normalized spacial score (nSPS) is 11.1. The Labute approximate surface area is 201 Å². The molecule has 0 spiro atoms. The maximum atomic E-state index is 12.9. The highest BCUT2D eigenvalue weighted by Crippen LogP contribution is 2.26. The summed E-state index contributed by atoms with van der Waals surface area (Å²) in [5, 5.41) is 2.62. The number of aromatic nitrogens is 1. The highest BCUT2D eigenvalue weighted by atomic mass is 16.7. The molecule has 1 unspecified atom stereocenters. The molecular formula is C25H23N3O7. The topological polar surface area (TPSA) is 133 Å². The molecule has 2 amide bonds. The molecule has 1 aromatic heterocycles. The number of benzene rings is 2. The van der Waals surface area contributed by atoms with Crippen molar-refractivity contribution in [3.63, 3.8) is 0 Å². The summed E-state index contributed by atoms with van der Waals surface area (Å²) in [5.74, 6) is -4.62. The molecule has 1 atom stereocenters. The van der Waals surface area contributed by atoms with Gasteiger partial charge in [-0.25, -0.2) is 10.3 Å². The average Bonchev–Trinajstić information content (AvgIpc) is 2.90. The number of carbonyl (C=O) groups excluding carboxylic acids is 4. The van der Waals surface area contributed by atoms with E-state index in [2.05, 4.69) is 15.8 Å². The van der Waals surface area contributed by atoms with Crippen LogP contribution in [0.5, 0.6) is 0 Å². The van der Waals surface area contributed by atoms with Crippen molar-refractivity contribution in [2.45, 2.75) is 12.5 Å². The molecule has 3 aromatic rings. The number of carbonyl (C=O) groups is 4. The fourth-order valence-electron chi connectivity index (χ4n) is 3.18. The largest absolute Gasteiger partial charge is 0.468 e. The van der Waals surface area contributed by atoms with E-state index in [1.165, 1.54) is 30.5 Å². The van der Waals surface area contributed by atoms with E-state index in [0.29, 0.717) is 0 Å². The molecular weight excluding hydrogens is 454 g/mol. The van der Waals surface area contributed by atoms with Crippen LogP contribution in [0.3, 0.4) is 0 Å². The Morgan fingerprint density at radius 1 is 0.914 bits per heavy atom. The number of hydroxylamine groups is 1. The first-order valence-electron chi connectivity index (χ1n) is 10.4. The van der Waals surface area contributed by atoms with Crippen LogP contribution in [0.4, 0.5) is 5.69 Å². The minimum Gasteiger partial charge on any atom is -0.468 e. The molecule has 0 fully saturated rings. The first-order chi connectivity index (χ1) is 16.9. The van der Waals surface area contributed by atoms with Crippen molar-refractivity contribution in [3.05, 3.63) is 95.3 Å². The summed E-state index contributed by atoms with van der Waals surface area (Å²) in [6.45, 7) is 0.0584. The van der Waals surface area contributed by atoms with Crippen molar-refractivity contribution in [1.29, 1.82) is 0 Å². The Morgan fingerprint density at radius 3 is 2.31 bits per heavy atom. The monoisotopic (exact) mass is 477 g/mol. The smallest absolute Gasteiger partial charge is 0.338 e. The standard InChI is InChI=1S/C25H23N3O7/c1-33-24(31)19-14-17(27-22(29)20-10-6-7-13-26-20)11-12-18(19)21(25(32)34-2)23(30)28-35-15-16-8-4-3-5-9-16/h3-14,21H,15H2,1-2H3,(H,27,29)(H,28,30). The number of hydrogen-bond donors (Lipinski definition) is 2. The van der Waals surface area contributed by atoms with E-state index in [-0.39, 0.29) is 29.1 Å². The van der Waals surface area contributed by atoms with Crippen LogP contribution in [0.1, 0.15) is 37.9 Å². The Kier molecular flexibility index (Phi) is 8.63. The molecule has 2 N–H and O–H groups in total. The van der Waals surface area contributed by atoms with Gasteiger partial charge < -0.3 is 14.8 Å². The van der Waals surface area contributed by atoms with Gasteiger partial charge in [-0.3, -0.25) is 24.2 Å². The van der Waals surface area contributed by atoms with E-state index in [4.69, 9.17) is 14.3 Å². The Bertz CT molecular complexity index is 1200. The maximum Gasteiger partial charge on any atom is 0.338 e. The molecule has 0 radical (unpaired) electrons. The number of anilines is 1. The van der Waals surface area contributed by atoms with Crippen LogP contribution in [-0.4, -0.2) is 43.0 Å². The Balaban J connectivity index is 1.85. The molecule has 3 rings (SSSR count). The van der Waals surface area contributed by atoms with Gasteiger partial charge in [0.05, 0.1) is 26.4 Å². The van der Waals surface area contributed by atoms with Crippen LogP contribution >= 0.6 is 0 Å². The van der Waals surface area contributed by atoms with Gasteiger partial charge in [-0.05, 0) is 35.4 Å². The molecule has 0 aliphatic rings. The number of pyridine rings is 1. The number of amides is 2. The minimum atomic E-state index is -1.54. The van der Waals surface area contributed by atoms with Crippen molar-refractivity contribution >= 4 is 29.4 Å². The van der Waals surface area contributed by atoms with Crippen LogP contribution in [0, 0.1) is 0 Å². The van der Waals surface area contributed by atoms with E-state index in [1.807, 2.05) is 18.2 Å². The third-order valence-corrected chi connectivity index (χ3v) is 4.88. The van der Waals surface area contributed by atoms with Gasteiger partial charge in [0.2, 0.25) is 0 Å². The van der Waals surface area contributed by atoms with Crippen LogP contribution in [0.2, 0.25) is 0 Å². The van der Waals surface area contributed by atoms with Gasteiger partial charge in [-0.1, -0.05) is 42.5 Å². The summed E-state index contributed by atoms with van der Waals surface area (Å²) in [5.41, 5.74) is 3.32. The number of methoxy groups -OCH3 is 2. The second kappa shape index (κ2) is 12.1. The number of esters is 2. The van der Waals surface area contributed by atoms with Gasteiger partial charge in [-0.2, -0.15) is 0 Å². The number of nitrogens with zero attached hydrogens (tertiary/aromatic N) is 1. The quantitative estimate of drug-likeness (QED) is 0.273. The van der Waals surface area contributed by atoms with Gasteiger partial charge in [-0.15, -0.1) is 0 Å². The van der Waals surface area contributed by atoms with Crippen LogP contribution in [-0.2, 0) is 30.5 Å². The molecule has 10 heteroatoms. The third-order valence-electron chi connectivity index (χ3n) is 4.88. The molecule has 0 saturated heterocycles. The fourth-order valence-corrected chi connectivity index (χ4v) is 3.18. The lowest BCUT2D eigenvalue weighted by molar-refractivity contribution is -0.150. The molecule has 10 nitrogen and oxygen atoms in total. The predicted octanol–water partition coefficient (Wildman–Crippen LogP) is 2.63.